The van der Waals surface area contributed by atoms with Gasteiger partial charge in [0.2, 0.25) is 0 Å². The van der Waals surface area contributed by atoms with Gasteiger partial charge in [-0.05, 0) is 56.5 Å². The van der Waals surface area contributed by atoms with E-state index in [4.69, 9.17) is 5.73 Å². The van der Waals surface area contributed by atoms with E-state index in [0.717, 1.165) is 32.2 Å². The van der Waals surface area contributed by atoms with Gasteiger partial charge in [0, 0.05) is 18.2 Å². The summed E-state index contributed by atoms with van der Waals surface area (Å²) in [6.45, 7) is -1.59. The number of hydrogen-bond acceptors (Lipinski definition) is 3. The number of nitrogens with two attached hydrogens (primary N) is 1. The number of hydrogen-bond donors (Lipinski definition) is 1. The van der Waals surface area contributed by atoms with Crippen molar-refractivity contribution >= 4 is 18.3 Å². The molecule has 4 nitrogen and oxygen atoms in total. The van der Waals surface area contributed by atoms with E-state index in [9.17, 15) is 13.6 Å². The number of alkyl halides is 2. The van der Waals surface area contributed by atoms with E-state index in [-0.39, 0.29) is 30.1 Å². The minimum Gasteiger partial charge on any atom is -0.435 e. The second-order valence-electron chi connectivity index (χ2n) is 5.13. The fraction of sp³-hybridized carbons (Fsp3) is 0.533. The molecule has 2 N–H and O–H groups in total. The van der Waals surface area contributed by atoms with Crippen LogP contribution in [0.1, 0.15) is 36.0 Å². The molecule has 1 heterocycles. The molecule has 1 amide bonds. The van der Waals surface area contributed by atoms with E-state index < -0.39 is 6.61 Å². The lowest BCUT2D eigenvalue weighted by Crippen LogP contribution is -2.44. The summed E-state index contributed by atoms with van der Waals surface area (Å²) in [6.07, 6.45) is 3.85. The summed E-state index contributed by atoms with van der Waals surface area (Å²) in [5.74, 6) is -0.0181. The Kier molecular flexibility index (Phi) is 7.55. The minimum absolute atomic E-state index is 0. The molecule has 1 atom stereocenters. The molecule has 1 aromatic carbocycles. The van der Waals surface area contributed by atoms with Crippen molar-refractivity contribution in [3.63, 3.8) is 0 Å². The lowest BCUT2D eigenvalue weighted by Gasteiger charge is -2.35. The van der Waals surface area contributed by atoms with Crippen LogP contribution in [0.4, 0.5) is 8.78 Å². The number of benzene rings is 1. The molecule has 1 unspecified atom stereocenters. The van der Waals surface area contributed by atoms with Crippen molar-refractivity contribution in [1.82, 2.24) is 4.90 Å². The third-order valence-electron chi connectivity index (χ3n) is 3.71. The molecule has 0 spiro atoms. The Labute approximate surface area is 135 Å². The molecule has 0 radical (unpaired) electrons. The zero-order chi connectivity index (χ0) is 15.2. The molecule has 0 aliphatic carbocycles. The van der Waals surface area contributed by atoms with Crippen molar-refractivity contribution < 1.29 is 18.3 Å². The molecule has 1 aromatic rings. The molecule has 124 valence electrons. The summed E-state index contributed by atoms with van der Waals surface area (Å²) in [6, 6.07) is 6.00. The molecule has 1 fully saturated rings. The van der Waals surface area contributed by atoms with Crippen molar-refractivity contribution in [2.45, 2.75) is 38.3 Å². The number of amides is 1. The van der Waals surface area contributed by atoms with Crippen LogP contribution in [0.3, 0.4) is 0 Å². The van der Waals surface area contributed by atoms with Gasteiger partial charge in [0.05, 0.1) is 0 Å². The fourth-order valence-electron chi connectivity index (χ4n) is 2.71. The van der Waals surface area contributed by atoms with Gasteiger partial charge in [-0.15, -0.1) is 12.4 Å². The quantitative estimate of drug-likeness (QED) is 0.900. The summed E-state index contributed by atoms with van der Waals surface area (Å²) in [7, 11) is 0. The lowest BCUT2D eigenvalue weighted by molar-refractivity contribution is -0.0498. The average molecular weight is 335 g/mol. The first-order valence-electron chi connectivity index (χ1n) is 7.17. The summed E-state index contributed by atoms with van der Waals surface area (Å²) in [4.78, 5) is 14.4. The van der Waals surface area contributed by atoms with Crippen LogP contribution in [0.25, 0.3) is 0 Å². The standard InChI is InChI=1S/C15H20F2N2O2.ClH/c16-15(17)21-13-6-4-11(5-7-13)14(20)19-10-2-1-3-12(19)8-9-18;/h4-7,12,15H,1-3,8-10,18H2;1H. The van der Waals surface area contributed by atoms with Crippen molar-refractivity contribution in [3.05, 3.63) is 29.8 Å². The molecular formula is C15H21ClF2N2O2. The number of nitrogens with zero attached hydrogens (tertiary/aromatic N) is 1. The van der Waals surface area contributed by atoms with Gasteiger partial charge >= 0.3 is 6.61 Å². The smallest absolute Gasteiger partial charge is 0.387 e. The third-order valence-corrected chi connectivity index (χ3v) is 3.71. The van der Waals surface area contributed by atoms with E-state index in [1.165, 1.54) is 24.3 Å². The number of halogens is 3. The first kappa shape index (κ1) is 18.6. The van der Waals surface area contributed by atoms with Crippen LogP contribution in [0.2, 0.25) is 0 Å². The van der Waals surface area contributed by atoms with Crippen LogP contribution < -0.4 is 10.5 Å². The molecule has 1 aliphatic rings. The van der Waals surface area contributed by atoms with Crippen LogP contribution >= 0.6 is 12.4 Å². The van der Waals surface area contributed by atoms with Gasteiger partial charge in [-0.1, -0.05) is 0 Å². The third kappa shape index (κ3) is 4.81. The van der Waals surface area contributed by atoms with Crippen molar-refractivity contribution in [2.24, 2.45) is 5.73 Å². The maximum Gasteiger partial charge on any atom is 0.387 e. The highest BCUT2D eigenvalue weighted by Gasteiger charge is 2.26. The summed E-state index contributed by atoms with van der Waals surface area (Å²) >= 11 is 0. The zero-order valence-corrected chi connectivity index (χ0v) is 13.0. The number of rotatable bonds is 5. The number of carbonyl (C=O) groups is 1. The topological polar surface area (TPSA) is 55.6 Å². The first-order valence-corrected chi connectivity index (χ1v) is 7.17. The fourth-order valence-corrected chi connectivity index (χ4v) is 2.71. The zero-order valence-electron chi connectivity index (χ0n) is 12.2. The highest BCUT2D eigenvalue weighted by atomic mass is 35.5. The molecule has 1 aliphatic heterocycles. The Balaban J connectivity index is 0.00000242. The van der Waals surface area contributed by atoms with Crippen LogP contribution in [0, 0.1) is 0 Å². The average Bonchev–Trinajstić information content (AvgIpc) is 2.48. The maximum atomic E-state index is 12.5. The molecule has 7 heteroatoms. The Morgan fingerprint density at radius 1 is 1.32 bits per heavy atom. The van der Waals surface area contributed by atoms with E-state index in [1.54, 1.807) is 0 Å². The van der Waals surface area contributed by atoms with Gasteiger partial charge in [0.1, 0.15) is 5.75 Å². The summed E-state index contributed by atoms with van der Waals surface area (Å²) < 4.78 is 28.5. The monoisotopic (exact) mass is 334 g/mol. The molecular weight excluding hydrogens is 314 g/mol. The predicted octanol–water partition coefficient (Wildman–Crippen LogP) is 3.05. The lowest BCUT2D eigenvalue weighted by atomic mass is 9.98. The predicted molar refractivity (Wildman–Crippen MR) is 82.7 cm³/mol. The maximum absolute atomic E-state index is 12.5. The Morgan fingerprint density at radius 2 is 2.00 bits per heavy atom. The number of piperidine rings is 1. The van der Waals surface area contributed by atoms with Crippen LogP contribution in [-0.4, -0.2) is 36.5 Å². The molecule has 1 saturated heterocycles. The van der Waals surface area contributed by atoms with Crippen LogP contribution in [-0.2, 0) is 0 Å². The van der Waals surface area contributed by atoms with Gasteiger partial charge in [-0.2, -0.15) is 8.78 Å². The number of carbonyl (C=O) groups excluding carboxylic acids is 1. The van der Waals surface area contributed by atoms with Crippen molar-refractivity contribution in [3.8, 4) is 5.75 Å². The highest BCUT2D eigenvalue weighted by Crippen LogP contribution is 2.23. The molecule has 2 rings (SSSR count). The van der Waals surface area contributed by atoms with Crippen LogP contribution in [0.15, 0.2) is 24.3 Å². The van der Waals surface area contributed by atoms with E-state index in [2.05, 4.69) is 4.74 Å². The normalized spacial score (nSPS) is 18.0. The van der Waals surface area contributed by atoms with Crippen molar-refractivity contribution in [1.29, 1.82) is 0 Å². The van der Waals surface area contributed by atoms with Gasteiger partial charge < -0.3 is 15.4 Å². The molecule has 0 saturated carbocycles. The molecule has 0 bridgehead atoms. The molecule has 0 aromatic heterocycles. The first-order chi connectivity index (χ1) is 10.1. The van der Waals surface area contributed by atoms with E-state index >= 15 is 0 Å². The van der Waals surface area contributed by atoms with Gasteiger partial charge in [0.15, 0.2) is 0 Å². The van der Waals surface area contributed by atoms with Gasteiger partial charge in [-0.25, -0.2) is 0 Å². The number of likely N-dealkylation sites (tertiary alicyclic amines) is 1. The van der Waals surface area contributed by atoms with Gasteiger partial charge in [-0.3, -0.25) is 4.79 Å². The highest BCUT2D eigenvalue weighted by molar-refractivity contribution is 5.94. The SMILES string of the molecule is Cl.NCCC1CCCCN1C(=O)c1ccc(OC(F)F)cc1. The summed E-state index contributed by atoms with van der Waals surface area (Å²) in [5.41, 5.74) is 6.09. The van der Waals surface area contributed by atoms with E-state index in [0.29, 0.717) is 12.1 Å². The Hall–Kier alpha value is -1.40. The van der Waals surface area contributed by atoms with Crippen LogP contribution in [0.5, 0.6) is 5.75 Å². The van der Waals surface area contributed by atoms with E-state index in [1.807, 2.05) is 4.90 Å². The Bertz CT molecular complexity index is 469. The van der Waals surface area contributed by atoms with Crippen molar-refractivity contribution in [2.75, 3.05) is 13.1 Å². The number of ether oxygens (including phenoxy) is 1. The van der Waals surface area contributed by atoms with Gasteiger partial charge in [0.25, 0.3) is 5.91 Å². The minimum atomic E-state index is -2.86. The Morgan fingerprint density at radius 3 is 2.59 bits per heavy atom. The summed E-state index contributed by atoms with van der Waals surface area (Å²) in [5, 5.41) is 0. The second kappa shape index (κ2) is 8.90. The largest absolute Gasteiger partial charge is 0.435 e. The molecule has 22 heavy (non-hydrogen) atoms. The second-order valence-corrected chi connectivity index (χ2v) is 5.13.